The van der Waals surface area contributed by atoms with E-state index < -0.39 is 0 Å². The zero-order valence-corrected chi connectivity index (χ0v) is 8.31. The molecule has 0 unspecified atom stereocenters. The van der Waals surface area contributed by atoms with E-state index in [-0.39, 0.29) is 6.10 Å². The molecule has 2 N–H and O–H groups in total. The molecule has 80 valence electrons. The lowest BCUT2D eigenvalue weighted by Crippen LogP contribution is -2.25. The van der Waals surface area contributed by atoms with Crippen LogP contribution in [0.3, 0.4) is 0 Å². The number of nitrogens with two attached hydrogens (primary N) is 1. The summed E-state index contributed by atoms with van der Waals surface area (Å²) in [5.74, 6) is 0. The highest BCUT2D eigenvalue weighted by atomic mass is 16.5. The Balaban J connectivity index is 0.000000500. The van der Waals surface area contributed by atoms with Crippen LogP contribution in [0.1, 0.15) is 25.7 Å². The van der Waals surface area contributed by atoms with Gasteiger partial charge in [-0.25, -0.2) is 0 Å². The maximum atomic E-state index is 9.97. The van der Waals surface area contributed by atoms with E-state index in [4.69, 9.17) is 14.7 Å². The molecule has 1 aliphatic carbocycles. The molecule has 0 bridgehead atoms. The van der Waals surface area contributed by atoms with Crippen molar-refractivity contribution < 1.29 is 14.3 Å². The van der Waals surface area contributed by atoms with Crippen molar-refractivity contribution >= 4 is 6.47 Å². The molecule has 1 aliphatic rings. The Kier molecular flexibility index (Phi) is 7.56. The van der Waals surface area contributed by atoms with E-state index in [1.165, 1.54) is 6.19 Å². The van der Waals surface area contributed by atoms with E-state index in [9.17, 15) is 4.79 Å². The maximum Gasteiger partial charge on any atom is 0.293 e. The third-order valence-corrected chi connectivity index (χ3v) is 2.20. The second-order valence-electron chi connectivity index (χ2n) is 3.00. The number of carbonyl (C=O) groups is 1. The van der Waals surface area contributed by atoms with E-state index in [2.05, 4.69) is 5.73 Å². The zero-order chi connectivity index (χ0) is 10.8. The molecule has 0 spiro atoms. The van der Waals surface area contributed by atoms with E-state index in [1.807, 2.05) is 0 Å². The van der Waals surface area contributed by atoms with Gasteiger partial charge in [-0.05, 0) is 25.7 Å². The van der Waals surface area contributed by atoms with Crippen molar-refractivity contribution in [3.63, 3.8) is 0 Å². The fourth-order valence-corrected chi connectivity index (χ4v) is 1.48. The first kappa shape index (κ1) is 12.7. The van der Waals surface area contributed by atoms with Crippen molar-refractivity contribution in [1.29, 1.82) is 5.26 Å². The summed E-state index contributed by atoms with van der Waals surface area (Å²) in [5.41, 5.74) is 4.15. The summed E-state index contributed by atoms with van der Waals surface area (Å²) in [5, 5.41) is 7.10. The Labute approximate surface area is 83.8 Å². The molecule has 0 amide bonds. The van der Waals surface area contributed by atoms with E-state index in [0.29, 0.717) is 12.6 Å². The first-order valence-electron chi connectivity index (χ1n) is 4.50. The molecule has 0 aromatic heterocycles. The summed E-state index contributed by atoms with van der Waals surface area (Å²) in [6, 6.07) is 0. The zero-order valence-electron chi connectivity index (χ0n) is 8.31. The van der Waals surface area contributed by atoms with Gasteiger partial charge in [0.05, 0.1) is 6.10 Å². The summed E-state index contributed by atoms with van der Waals surface area (Å²) in [6.07, 6.45) is 5.67. The molecule has 1 fully saturated rings. The maximum absolute atomic E-state index is 9.97. The minimum Gasteiger partial charge on any atom is -0.465 e. The number of ether oxygens (including phenoxy) is 2. The highest BCUT2D eigenvalue weighted by Gasteiger charge is 2.21. The molecule has 0 atom stereocenters. The lowest BCUT2D eigenvalue weighted by Gasteiger charge is -2.25. The number of methoxy groups -OCH3 is 1. The first-order valence-corrected chi connectivity index (χ1v) is 4.50. The molecule has 0 aromatic carbocycles. The van der Waals surface area contributed by atoms with Crippen LogP contribution < -0.4 is 5.73 Å². The predicted molar refractivity (Wildman–Crippen MR) is 50.0 cm³/mol. The lowest BCUT2D eigenvalue weighted by molar-refractivity contribution is -0.136. The minimum atomic E-state index is 0.138. The molecule has 0 heterocycles. The van der Waals surface area contributed by atoms with Gasteiger partial charge in [-0.1, -0.05) is 0 Å². The second-order valence-corrected chi connectivity index (χ2v) is 3.00. The van der Waals surface area contributed by atoms with Crippen LogP contribution in [-0.2, 0) is 14.3 Å². The molecular weight excluding hydrogens is 184 g/mol. The Morgan fingerprint density at radius 2 is 1.79 bits per heavy atom. The van der Waals surface area contributed by atoms with Crippen molar-refractivity contribution in [2.45, 2.75) is 37.9 Å². The predicted octanol–water partition coefficient (Wildman–Crippen LogP) is 0.543. The Morgan fingerprint density at radius 1 is 1.36 bits per heavy atom. The van der Waals surface area contributed by atoms with Gasteiger partial charge < -0.3 is 15.2 Å². The van der Waals surface area contributed by atoms with E-state index in [0.717, 1.165) is 25.7 Å². The van der Waals surface area contributed by atoms with Crippen LogP contribution in [0.2, 0.25) is 0 Å². The highest BCUT2D eigenvalue weighted by Crippen LogP contribution is 2.22. The fourth-order valence-electron chi connectivity index (χ4n) is 1.48. The van der Waals surface area contributed by atoms with Crippen molar-refractivity contribution in [2.24, 2.45) is 5.73 Å². The highest BCUT2D eigenvalue weighted by molar-refractivity contribution is 5.37. The lowest BCUT2D eigenvalue weighted by atomic mass is 9.95. The number of hydrogen-bond donors (Lipinski definition) is 1. The van der Waals surface area contributed by atoms with Gasteiger partial charge in [0.15, 0.2) is 6.19 Å². The normalized spacial score (nSPS) is 25.1. The number of carbonyl (C=O) groups excluding carboxylic acids is 1. The van der Waals surface area contributed by atoms with Crippen LogP contribution in [0, 0.1) is 11.5 Å². The molecular formula is C9H16N2O3. The molecule has 5 nitrogen and oxygen atoms in total. The van der Waals surface area contributed by atoms with Gasteiger partial charge in [0.25, 0.3) is 6.47 Å². The third-order valence-electron chi connectivity index (χ3n) is 2.20. The van der Waals surface area contributed by atoms with Crippen molar-refractivity contribution in [2.75, 3.05) is 7.11 Å². The molecule has 5 heteroatoms. The Hall–Kier alpha value is -1.28. The topological polar surface area (TPSA) is 85.3 Å². The summed E-state index contributed by atoms with van der Waals surface area (Å²) in [4.78, 5) is 9.97. The largest absolute Gasteiger partial charge is 0.465 e. The van der Waals surface area contributed by atoms with Gasteiger partial charge in [0, 0.05) is 7.11 Å². The fraction of sp³-hybridized carbons (Fsp3) is 0.778. The molecule has 14 heavy (non-hydrogen) atoms. The SMILES string of the molecule is CO[C@H]1CC[C@@H](OC=O)CC1.N#CN. The molecule has 0 aromatic rings. The van der Waals surface area contributed by atoms with Crippen molar-refractivity contribution in [3.8, 4) is 6.19 Å². The third kappa shape index (κ3) is 5.38. The van der Waals surface area contributed by atoms with Gasteiger partial charge in [0.1, 0.15) is 6.10 Å². The Morgan fingerprint density at radius 3 is 2.14 bits per heavy atom. The second kappa shape index (κ2) is 8.32. The van der Waals surface area contributed by atoms with Gasteiger partial charge in [0.2, 0.25) is 0 Å². The summed E-state index contributed by atoms with van der Waals surface area (Å²) < 4.78 is 10.0. The average Bonchev–Trinajstić information content (AvgIpc) is 2.21. The van der Waals surface area contributed by atoms with Crippen LogP contribution in [-0.4, -0.2) is 25.8 Å². The summed E-state index contributed by atoms with van der Waals surface area (Å²) in [6.45, 7) is 0.539. The number of hydrogen-bond acceptors (Lipinski definition) is 5. The summed E-state index contributed by atoms with van der Waals surface area (Å²) in [7, 11) is 1.73. The van der Waals surface area contributed by atoms with Gasteiger partial charge >= 0.3 is 0 Å². The van der Waals surface area contributed by atoms with Gasteiger partial charge in [-0.2, -0.15) is 5.26 Å². The average molecular weight is 200 g/mol. The smallest absolute Gasteiger partial charge is 0.293 e. The van der Waals surface area contributed by atoms with Gasteiger partial charge in [-0.3, -0.25) is 4.79 Å². The van der Waals surface area contributed by atoms with Gasteiger partial charge in [-0.15, -0.1) is 0 Å². The molecule has 1 rings (SSSR count). The standard InChI is InChI=1S/C8H14O3.CH2N2/c1-10-7-2-4-8(5-3-7)11-6-9;2-1-3/h6-8H,2-5H2,1H3;2H2/t7-,8+;. The van der Waals surface area contributed by atoms with Crippen LogP contribution in [0.5, 0.6) is 0 Å². The number of rotatable bonds is 3. The monoisotopic (exact) mass is 200 g/mol. The van der Waals surface area contributed by atoms with E-state index >= 15 is 0 Å². The van der Waals surface area contributed by atoms with Crippen LogP contribution in [0.4, 0.5) is 0 Å². The van der Waals surface area contributed by atoms with Crippen LogP contribution >= 0.6 is 0 Å². The van der Waals surface area contributed by atoms with E-state index in [1.54, 1.807) is 7.11 Å². The molecule has 0 radical (unpaired) electrons. The van der Waals surface area contributed by atoms with Crippen LogP contribution in [0.15, 0.2) is 0 Å². The number of nitrogens with zero attached hydrogens (tertiary/aromatic N) is 1. The van der Waals surface area contributed by atoms with Crippen molar-refractivity contribution in [3.05, 3.63) is 0 Å². The molecule has 0 saturated heterocycles. The number of nitriles is 1. The summed E-state index contributed by atoms with van der Waals surface area (Å²) >= 11 is 0. The Bertz CT molecular complexity index is 183. The molecule has 0 aliphatic heterocycles. The van der Waals surface area contributed by atoms with Crippen molar-refractivity contribution in [1.82, 2.24) is 0 Å². The molecule has 1 saturated carbocycles. The quantitative estimate of drug-likeness (QED) is 0.408. The minimum absolute atomic E-state index is 0.138. The van der Waals surface area contributed by atoms with Crippen LogP contribution in [0.25, 0.3) is 0 Å². The first-order chi connectivity index (χ1) is 6.78.